The summed E-state index contributed by atoms with van der Waals surface area (Å²) in [6, 6.07) is 56.0. The zero-order chi connectivity index (χ0) is 56.4. The summed E-state index contributed by atoms with van der Waals surface area (Å²) in [6.07, 6.45) is -4.63. The van der Waals surface area contributed by atoms with Crippen LogP contribution in [0.4, 0.5) is 13.2 Å². The Morgan fingerprint density at radius 3 is 0.863 bits per heavy atom. The molecule has 394 valence electrons. The lowest BCUT2D eigenvalue weighted by Crippen LogP contribution is -2.07. The van der Waals surface area contributed by atoms with Gasteiger partial charge in [0.2, 0.25) is 0 Å². The van der Waals surface area contributed by atoms with Gasteiger partial charge in [0.1, 0.15) is 0 Å². The molecule has 0 radical (unpaired) electrons. The van der Waals surface area contributed by atoms with Gasteiger partial charge in [0.15, 0.2) is 0 Å². The van der Waals surface area contributed by atoms with Crippen LogP contribution in [0.15, 0.2) is 158 Å². The summed E-state index contributed by atoms with van der Waals surface area (Å²) < 4.78 is 49.8. The molecule has 0 amide bonds. The third kappa shape index (κ3) is 8.59. The van der Waals surface area contributed by atoms with Crippen molar-refractivity contribution in [2.24, 2.45) is 0 Å². The maximum absolute atomic E-state index is 15.2. The number of halogens is 3. The van der Waals surface area contributed by atoms with Crippen LogP contribution in [0.5, 0.6) is 0 Å². The van der Waals surface area contributed by atoms with Crippen molar-refractivity contribution in [1.82, 2.24) is 9.13 Å². The largest absolute Gasteiger partial charge is 0.416 e. The topological polar surface area (TPSA) is 33.6 Å². The normalized spacial score (nSPS) is 11.9. The lowest BCUT2D eigenvalue weighted by molar-refractivity contribution is -0.137. The molecule has 12 rings (SSSR count). The number of alkyl halides is 3. The van der Waals surface area contributed by atoms with Crippen molar-refractivity contribution in [3.63, 3.8) is 0 Å². The molecule has 0 unspecified atom stereocenters. The van der Waals surface area contributed by atoms with Crippen molar-refractivity contribution in [1.29, 1.82) is 5.26 Å². The van der Waals surface area contributed by atoms with E-state index in [4.69, 9.17) is 0 Å². The second kappa shape index (κ2) is 19.2. The van der Waals surface area contributed by atoms with Crippen LogP contribution in [-0.2, 0) is 6.18 Å². The molecule has 6 heteroatoms. The van der Waals surface area contributed by atoms with Gasteiger partial charge in [-0.3, -0.25) is 0 Å². The predicted molar refractivity (Wildman–Crippen MR) is 329 cm³/mol. The Morgan fingerprint density at radius 2 is 0.600 bits per heavy atom. The first-order chi connectivity index (χ1) is 38.2. The molecular formula is C74H62F3N3. The van der Waals surface area contributed by atoms with Gasteiger partial charge in [-0.15, -0.1) is 0 Å². The monoisotopic (exact) mass is 1050 g/mol. The molecule has 80 heavy (non-hydrogen) atoms. The lowest BCUT2D eigenvalue weighted by atomic mass is 9.91. The van der Waals surface area contributed by atoms with E-state index in [1.54, 1.807) is 6.07 Å². The van der Waals surface area contributed by atoms with E-state index in [2.05, 4.69) is 220 Å². The van der Waals surface area contributed by atoms with Crippen molar-refractivity contribution < 1.29 is 13.2 Å². The summed E-state index contributed by atoms with van der Waals surface area (Å²) in [5.41, 5.74) is 28.3. The summed E-state index contributed by atoms with van der Waals surface area (Å²) in [4.78, 5) is 0. The zero-order valence-corrected chi connectivity index (χ0v) is 47.5. The van der Waals surface area contributed by atoms with E-state index in [9.17, 15) is 5.26 Å². The highest BCUT2D eigenvalue weighted by molar-refractivity contribution is 6.15. The van der Waals surface area contributed by atoms with Crippen molar-refractivity contribution in [3.05, 3.63) is 236 Å². The Balaban J connectivity index is 1.23. The second-order valence-electron chi connectivity index (χ2n) is 22.8. The maximum Gasteiger partial charge on any atom is 0.416 e. The standard InChI is InChI=1S/C74H62F3N3/c1-40-24-44(5)69(45(6)25-40)54-16-20-63-59(35-54)60-36-55(70-46(7)26-41(2)27-47(70)8)17-21-64(60)79(63)67-32-52(39-78)33-68(73(67)53-14-13-15-58(34-53)74(75,76)77)80-65-22-18-56(71-48(9)28-42(3)29-49(71)10)37-61(65)62-38-57(19-23-66(62)80)72-50(11)30-43(4)31-51(72)12/h13-38H,1-12H3. The van der Waals surface area contributed by atoms with Crippen LogP contribution in [0.3, 0.4) is 0 Å². The molecule has 2 heterocycles. The molecule has 2 aromatic heterocycles. The van der Waals surface area contributed by atoms with Gasteiger partial charge in [0.05, 0.1) is 50.6 Å². The third-order valence-electron chi connectivity index (χ3n) is 16.6. The van der Waals surface area contributed by atoms with Gasteiger partial charge in [-0.1, -0.05) is 107 Å². The molecular weight excluding hydrogens is 988 g/mol. The Bertz CT molecular complexity index is 4080. The predicted octanol–water partition coefficient (Wildman–Crippen LogP) is 20.8. The molecule has 0 bridgehead atoms. The fraction of sp³-hybridized carbons (Fsp3) is 0.176. The van der Waals surface area contributed by atoms with Crippen molar-refractivity contribution in [2.45, 2.75) is 89.3 Å². The first kappa shape index (κ1) is 51.8. The highest BCUT2D eigenvalue weighted by Gasteiger charge is 2.32. The van der Waals surface area contributed by atoms with E-state index < -0.39 is 11.7 Å². The van der Waals surface area contributed by atoms with Crippen molar-refractivity contribution in [2.75, 3.05) is 0 Å². The summed E-state index contributed by atoms with van der Waals surface area (Å²) in [6.45, 7) is 25.8. The van der Waals surface area contributed by atoms with Crippen molar-refractivity contribution in [3.8, 4) is 73.1 Å². The van der Waals surface area contributed by atoms with Gasteiger partial charge < -0.3 is 9.13 Å². The van der Waals surface area contributed by atoms with E-state index >= 15 is 13.2 Å². The van der Waals surface area contributed by atoms with E-state index in [1.165, 1.54) is 78.9 Å². The van der Waals surface area contributed by atoms with Crippen LogP contribution in [0.25, 0.3) is 111 Å². The average Bonchev–Trinajstić information content (AvgIpc) is 3.02. The summed E-state index contributed by atoms with van der Waals surface area (Å²) in [5.74, 6) is 0. The Morgan fingerprint density at radius 1 is 0.325 bits per heavy atom. The van der Waals surface area contributed by atoms with Crippen LogP contribution in [0, 0.1) is 94.4 Å². The van der Waals surface area contributed by atoms with Gasteiger partial charge in [0.25, 0.3) is 0 Å². The molecule has 3 nitrogen and oxygen atoms in total. The van der Waals surface area contributed by atoms with E-state index in [0.29, 0.717) is 28.1 Å². The SMILES string of the molecule is Cc1cc(C)c(-c2ccc3c(c2)c2cc(-c4c(C)cc(C)cc4C)ccc2n3-c2cc(C#N)cc(-n3c4ccc(-c5c(C)cc(C)cc5C)cc4c4cc(-c5c(C)cc(C)cc5C)ccc43)c2-c2cccc(C(F)(F)F)c2)c(C)c1. The smallest absolute Gasteiger partial charge is 0.308 e. The van der Waals surface area contributed by atoms with Crippen LogP contribution in [0.1, 0.15) is 77.9 Å². The summed E-state index contributed by atoms with van der Waals surface area (Å²) in [5, 5.41) is 15.2. The van der Waals surface area contributed by atoms with Crippen LogP contribution < -0.4 is 0 Å². The number of fused-ring (bicyclic) bond motifs is 6. The molecule has 0 saturated heterocycles. The quantitative estimate of drug-likeness (QED) is 0.157. The highest BCUT2D eigenvalue weighted by Crippen LogP contribution is 2.47. The number of aryl methyl sites for hydroxylation is 12. The fourth-order valence-electron chi connectivity index (χ4n) is 13.9. The number of nitriles is 1. The first-order valence-corrected chi connectivity index (χ1v) is 27.4. The van der Waals surface area contributed by atoms with E-state index in [-0.39, 0.29) is 0 Å². The molecule has 0 atom stereocenters. The third-order valence-corrected chi connectivity index (χ3v) is 16.6. The molecule has 0 aliphatic rings. The molecule has 0 N–H and O–H groups in total. The molecule has 0 fully saturated rings. The van der Waals surface area contributed by atoms with Crippen LogP contribution >= 0.6 is 0 Å². The van der Waals surface area contributed by atoms with Crippen LogP contribution in [0.2, 0.25) is 0 Å². The molecule has 10 aromatic carbocycles. The first-order valence-electron chi connectivity index (χ1n) is 27.4. The second-order valence-corrected chi connectivity index (χ2v) is 22.8. The highest BCUT2D eigenvalue weighted by atomic mass is 19.4. The maximum atomic E-state index is 15.2. The summed E-state index contributed by atoms with van der Waals surface area (Å²) >= 11 is 0. The minimum absolute atomic E-state index is 0.367. The Hall–Kier alpha value is -8.92. The van der Waals surface area contributed by atoms with Gasteiger partial charge >= 0.3 is 6.18 Å². The molecule has 0 aliphatic carbocycles. The number of nitrogens with zero attached hydrogens (tertiary/aromatic N) is 3. The molecule has 0 spiro atoms. The number of hydrogen-bond acceptors (Lipinski definition) is 1. The van der Waals surface area contributed by atoms with E-state index in [0.717, 1.165) is 94.2 Å². The number of hydrogen-bond donors (Lipinski definition) is 0. The van der Waals surface area contributed by atoms with Gasteiger partial charge in [-0.2, -0.15) is 18.4 Å². The number of rotatable bonds is 7. The minimum atomic E-state index is -4.63. The van der Waals surface area contributed by atoms with Gasteiger partial charge in [0, 0.05) is 27.1 Å². The lowest BCUT2D eigenvalue weighted by Gasteiger charge is -2.22. The summed E-state index contributed by atoms with van der Waals surface area (Å²) in [7, 11) is 0. The zero-order valence-electron chi connectivity index (χ0n) is 47.5. The van der Waals surface area contributed by atoms with Gasteiger partial charge in [-0.25, -0.2) is 0 Å². The average molecular weight is 1050 g/mol. The van der Waals surface area contributed by atoms with Gasteiger partial charge in [-0.05, 0) is 250 Å². The number of aromatic nitrogens is 2. The van der Waals surface area contributed by atoms with E-state index in [1.807, 2.05) is 12.1 Å². The molecule has 12 aromatic rings. The van der Waals surface area contributed by atoms with Crippen LogP contribution in [-0.4, -0.2) is 9.13 Å². The number of benzene rings is 10. The Kier molecular flexibility index (Phi) is 12.4. The molecule has 0 saturated carbocycles. The molecule has 0 aliphatic heterocycles. The Labute approximate surface area is 466 Å². The minimum Gasteiger partial charge on any atom is -0.308 e. The van der Waals surface area contributed by atoms with Crippen molar-refractivity contribution >= 4 is 43.6 Å². The fourth-order valence-corrected chi connectivity index (χ4v) is 13.9.